The van der Waals surface area contributed by atoms with Crippen LogP contribution in [0.25, 0.3) is 0 Å². The Labute approximate surface area is 412 Å². The summed E-state index contributed by atoms with van der Waals surface area (Å²) < 4.78 is 5.80. The number of carbonyl (C=O) groups excluding carboxylic acids is 2. The van der Waals surface area contributed by atoms with Crippen LogP contribution in [0.1, 0.15) is 213 Å². The van der Waals surface area contributed by atoms with Gasteiger partial charge in [0.1, 0.15) is 6.10 Å². The second-order valence-electron chi connectivity index (χ2n) is 17.5. The quantitative estimate of drug-likeness (QED) is 0.0321. The number of hydrogen-bond acceptors (Lipinski definition) is 5. The molecule has 0 fully saturated rings. The zero-order valence-corrected chi connectivity index (χ0v) is 43.0. The van der Waals surface area contributed by atoms with Gasteiger partial charge in [-0.3, -0.25) is 9.59 Å². The van der Waals surface area contributed by atoms with E-state index in [0.717, 1.165) is 89.9 Å². The van der Waals surface area contributed by atoms with Crippen molar-refractivity contribution in [3.05, 3.63) is 134 Å². The van der Waals surface area contributed by atoms with E-state index in [1.807, 2.05) is 6.08 Å². The predicted molar refractivity (Wildman–Crippen MR) is 291 cm³/mol. The molecule has 0 aliphatic carbocycles. The molecule has 0 rings (SSSR count). The highest BCUT2D eigenvalue weighted by Crippen LogP contribution is 2.15. The summed E-state index contributed by atoms with van der Waals surface area (Å²) in [7, 11) is 0. The van der Waals surface area contributed by atoms with E-state index in [2.05, 4.69) is 148 Å². The fourth-order valence-electron chi connectivity index (χ4n) is 7.23. The van der Waals surface area contributed by atoms with Gasteiger partial charge < -0.3 is 20.3 Å². The van der Waals surface area contributed by atoms with E-state index in [9.17, 15) is 19.8 Å². The van der Waals surface area contributed by atoms with Crippen LogP contribution >= 0.6 is 0 Å². The molecule has 0 saturated heterocycles. The first-order chi connectivity index (χ1) is 33.0. The molecule has 0 aromatic heterocycles. The lowest BCUT2D eigenvalue weighted by Crippen LogP contribution is -2.46. The molecule has 0 spiro atoms. The van der Waals surface area contributed by atoms with Gasteiger partial charge in [0.25, 0.3) is 0 Å². The smallest absolute Gasteiger partial charge is 0.306 e. The van der Waals surface area contributed by atoms with Gasteiger partial charge in [0.05, 0.1) is 25.2 Å². The van der Waals surface area contributed by atoms with E-state index in [4.69, 9.17) is 4.74 Å². The number of hydrogen-bond donors (Lipinski definition) is 3. The molecule has 0 aliphatic heterocycles. The Morgan fingerprint density at radius 1 is 0.463 bits per heavy atom. The highest BCUT2D eigenvalue weighted by molar-refractivity contribution is 5.78. The Morgan fingerprint density at radius 2 is 0.821 bits per heavy atom. The zero-order chi connectivity index (χ0) is 48.8. The Kier molecular flexibility index (Phi) is 49.8. The van der Waals surface area contributed by atoms with Gasteiger partial charge >= 0.3 is 5.97 Å². The number of aliphatic hydroxyl groups excluding tert-OH is 2. The molecule has 0 radical (unpaired) electrons. The highest BCUT2D eigenvalue weighted by atomic mass is 16.5. The number of unbranched alkanes of at least 4 members (excludes halogenated alkanes) is 14. The van der Waals surface area contributed by atoms with E-state index >= 15 is 0 Å². The highest BCUT2D eigenvalue weighted by Gasteiger charge is 2.23. The molecule has 3 unspecified atom stereocenters. The molecular weight excluding hydrogens is 827 g/mol. The topological polar surface area (TPSA) is 95.9 Å². The molecule has 0 heterocycles. The van der Waals surface area contributed by atoms with Crippen molar-refractivity contribution < 1.29 is 24.5 Å². The van der Waals surface area contributed by atoms with Crippen LogP contribution in [0, 0.1) is 0 Å². The number of carbonyl (C=O) groups is 2. The third kappa shape index (κ3) is 48.3. The molecule has 3 N–H and O–H groups in total. The monoisotopic (exact) mass is 926 g/mol. The first-order valence-corrected chi connectivity index (χ1v) is 26.9. The molecule has 378 valence electrons. The normalized spacial score (nSPS) is 14.3. The second kappa shape index (κ2) is 53.0. The summed E-state index contributed by atoms with van der Waals surface area (Å²) in [6.45, 7) is 6.20. The van der Waals surface area contributed by atoms with E-state index in [1.54, 1.807) is 6.08 Å². The third-order valence-electron chi connectivity index (χ3n) is 11.2. The number of allylic oxidation sites excluding steroid dienone is 21. The van der Waals surface area contributed by atoms with Gasteiger partial charge in [0.15, 0.2) is 0 Å². The average Bonchev–Trinajstić information content (AvgIpc) is 3.32. The van der Waals surface area contributed by atoms with Crippen LogP contribution in [0.5, 0.6) is 0 Å². The molecule has 3 atom stereocenters. The summed E-state index contributed by atoms with van der Waals surface area (Å²) in [5, 5.41) is 23.7. The largest absolute Gasteiger partial charge is 0.458 e. The number of ether oxygens (including phenoxy) is 1. The third-order valence-corrected chi connectivity index (χ3v) is 11.2. The molecule has 67 heavy (non-hydrogen) atoms. The lowest BCUT2D eigenvalue weighted by atomic mass is 10.0. The van der Waals surface area contributed by atoms with Crippen LogP contribution in [0.15, 0.2) is 134 Å². The van der Waals surface area contributed by atoms with Gasteiger partial charge in [0.2, 0.25) is 5.91 Å². The van der Waals surface area contributed by atoms with Crippen LogP contribution in [-0.4, -0.2) is 46.9 Å². The number of rotatable bonds is 46. The minimum Gasteiger partial charge on any atom is -0.458 e. The van der Waals surface area contributed by atoms with Gasteiger partial charge in [-0.1, -0.05) is 238 Å². The van der Waals surface area contributed by atoms with Gasteiger partial charge in [-0.25, -0.2) is 0 Å². The second-order valence-corrected chi connectivity index (χ2v) is 17.5. The summed E-state index contributed by atoms with van der Waals surface area (Å²) >= 11 is 0. The summed E-state index contributed by atoms with van der Waals surface area (Å²) in [6.07, 6.45) is 75.4. The van der Waals surface area contributed by atoms with Crippen molar-refractivity contribution in [2.75, 3.05) is 6.61 Å². The van der Waals surface area contributed by atoms with Crippen molar-refractivity contribution in [2.24, 2.45) is 0 Å². The van der Waals surface area contributed by atoms with E-state index in [-0.39, 0.29) is 31.3 Å². The van der Waals surface area contributed by atoms with Crippen LogP contribution in [0.3, 0.4) is 0 Å². The Balaban J connectivity index is 4.88. The number of nitrogens with one attached hydrogen (secondary N) is 1. The van der Waals surface area contributed by atoms with Crippen LogP contribution in [0.4, 0.5) is 0 Å². The summed E-state index contributed by atoms with van der Waals surface area (Å²) in [6, 6.07) is -0.764. The minimum absolute atomic E-state index is 0.0786. The van der Waals surface area contributed by atoms with Crippen molar-refractivity contribution in [3.63, 3.8) is 0 Å². The van der Waals surface area contributed by atoms with Gasteiger partial charge in [-0.15, -0.1) is 0 Å². The lowest BCUT2D eigenvalue weighted by molar-refractivity contribution is -0.148. The van der Waals surface area contributed by atoms with E-state index in [1.165, 1.54) is 70.6 Å². The maximum atomic E-state index is 13.2. The zero-order valence-electron chi connectivity index (χ0n) is 43.0. The van der Waals surface area contributed by atoms with Gasteiger partial charge in [-0.05, 0) is 96.0 Å². The van der Waals surface area contributed by atoms with Crippen molar-refractivity contribution in [2.45, 2.75) is 232 Å². The number of aliphatic hydroxyl groups is 2. The molecule has 6 heteroatoms. The molecule has 0 aliphatic rings. The molecule has 0 aromatic carbocycles. The summed E-state index contributed by atoms with van der Waals surface area (Å²) in [4.78, 5) is 26.1. The maximum absolute atomic E-state index is 13.2. The van der Waals surface area contributed by atoms with Gasteiger partial charge in [-0.2, -0.15) is 0 Å². The van der Waals surface area contributed by atoms with Crippen molar-refractivity contribution in [3.8, 4) is 0 Å². The Bertz CT molecular complexity index is 1460. The molecule has 0 saturated carbocycles. The first kappa shape index (κ1) is 63.0. The predicted octanol–water partition coefficient (Wildman–Crippen LogP) is 16.6. The van der Waals surface area contributed by atoms with E-state index in [0.29, 0.717) is 19.3 Å². The molecule has 0 aromatic rings. The Morgan fingerprint density at radius 3 is 1.21 bits per heavy atom. The lowest BCUT2D eigenvalue weighted by Gasteiger charge is -2.23. The molecule has 1 amide bonds. The SMILES string of the molecule is CC/C=C\C/C=C\C/C=C\C/C=C\C/C=C\C/C=C\C(CC(=O)NC(CO)C(O)CCCCCCCCCCCCCCCC)OC(=O)CCC/C=C\C/C=C\C/C=C\C/C=C\C/C=C\CC. The van der Waals surface area contributed by atoms with Crippen LogP contribution < -0.4 is 5.32 Å². The summed E-state index contributed by atoms with van der Waals surface area (Å²) in [5.41, 5.74) is 0. The van der Waals surface area contributed by atoms with Crippen molar-refractivity contribution in [1.82, 2.24) is 5.32 Å². The fraction of sp³-hybridized carbons (Fsp3) is 0.607. The van der Waals surface area contributed by atoms with E-state index < -0.39 is 18.2 Å². The molecule has 0 bridgehead atoms. The average molecular weight is 926 g/mol. The summed E-state index contributed by atoms with van der Waals surface area (Å²) in [5.74, 6) is -0.712. The maximum Gasteiger partial charge on any atom is 0.306 e. The Hall–Kier alpha value is -4.00. The van der Waals surface area contributed by atoms with Gasteiger partial charge in [0, 0.05) is 6.42 Å². The van der Waals surface area contributed by atoms with Crippen LogP contribution in [-0.2, 0) is 14.3 Å². The fourth-order valence-corrected chi connectivity index (χ4v) is 7.23. The van der Waals surface area contributed by atoms with Crippen molar-refractivity contribution >= 4 is 11.9 Å². The van der Waals surface area contributed by atoms with Crippen molar-refractivity contribution in [1.29, 1.82) is 0 Å². The number of amides is 1. The number of esters is 1. The van der Waals surface area contributed by atoms with Crippen LogP contribution in [0.2, 0.25) is 0 Å². The molecular formula is C61H99NO5. The molecule has 6 nitrogen and oxygen atoms in total. The first-order valence-electron chi connectivity index (χ1n) is 26.9. The standard InChI is InChI=1S/C61H99NO5/c1-4-7-10-13-16-19-22-25-28-30-32-34-37-40-43-46-49-52-57(67-61(66)54-51-48-45-42-39-36-33-31-29-26-23-20-17-14-11-8-5-2)55-60(65)62-58(56-63)59(64)53-50-47-44-41-38-35-27-24-21-18-15-12-9-6-3/h7-8,10-11,16-17,19-20,25-26,28-29,32-34,36,40,42-43,45,49,52,57-59,63-64H,4-6,9,12-15,18,21-24,27,30-31,35,37-39,41,44,46-48,50-51,53-56H2,1-3H3,(H,62,65)/b10-7-,11-8-,19-16-,20-17-,28-25-,29-26-,34-32-,36-33-,43-40-,45-42-,52-49-. The minimum atomic E-state index is -0.839.